The Morgan fingerprint density at radius 3 is 2.43 bits per heavy atom. The van der Waals surface area contributed by atoms with Crippen molar-refractivity contribution in [3.05, 3.63) is 29.8 Å². The first-order valence-corrected chi connectivity index (χ1v) is 8.78. The fourth-order valence-corrected chi connectivity index (χ4v) is 2.39. The SMILES string of the molecule is CC(C)N(Cc1cccc(OS(C)(=O)=O)c1)C(=O)[C@H](C)Cl. The molecular formula is C14H20ClNO4S. The number of benzene rings is 1. The minimum atomic E-state index is -3.57. The summed E-state index contributed by atoms with van der Waals surface area (Å²) in [6.45, 7) is 5.76. The largest absolute Gasteiger partial charge is 0.383 e. The molecule has 0 aromatic heterocycles. The maximum absolute atomic E-state index is 12.1. The Bertz CT molecular complexity index is 599. The van der Waals surface area contributed by atoms with Gasteiger partial charge in [-0.25, -0.2) is 0 Å². The van der Waals surface area contributed by atoms with Crippen molar-refractivity contribution in [1.82, 2.24) is 4.90 Å². The minimum Gasteiger partial charge on any atom is -0.383 e. The lowest BCUT2D eigenvalue weighted by Gasteiger charge is -2.28. The van der Waals surface area contributed by atoms with Crippen LogP contribution >= 0.6 is 11.6 Å². The third kappa shape index (κ3) is 5.93. The van der Waals surface area contributed by atoms with Crippen molar-refractivity contribution in [2.24, 2.45) is 0 Å². The van der Waals surface area contributed by atoms with Crippen LogP contribution in [0.5, 0.6) is 5.75 Å². The zero-order valence-corrected chi connectivity index (χ0v) is 14.1. The van der Waals surface area contributed by atoms with E-state index in [1.807, 2.05) is 13.8 Å². The lowest BCUT2D eigenvalue weighted by Crippen LogP contribution is -2.40. The van der Waals surface area contributed by atoms with Crippen LogP contribution in [0.2, 0.25) is 0 Å². The first-order chi connectivity index (χ1) is 9.60. The van der Waals surface area contributed by atoms with Crippen molar-refractivity contribution in [3.8, 4) is 5.75 Å². The lowest BCUT2D eigenvalue weighted by atomic mass is 10.1. The van der Waals surface area contributed by atoms with Gasteiger partial charge < -0.3 is 9.08 Å². The monoisotopic (exact) mass is 333 g/mol. The zero-order chi connectivity index (χ0) is 16.2. The van der Waals surface area contributed by atoms with Crippen LogP contribution in [0.3, 0.4) is 0 Å². The third-order valence-corrected chi connectivity index (χ3v) is 3.43. The van der Waals surface area contributed by atoms with Crippen LogP contribution in [0.1, 0.15) is 26.3 Å². The van der Waals surface area contributed by atoms with Crippen molar-refractivity contribution in [3.63, 3.8) is 0 Å². The molecule has 0 unspecified atom stereocenters. The summed E-state index contributed by atoms with van der Waals surface area (Å²) in [4.78, 5) is 13.7. The van der Waals surface area contributed by atoms with Gasteiger partial charge in [-0.2, -0.15) is 8.42 Å². The average molecular weight is 334 g/mol. The van der Waals surface area contributed by atoms with Gasteiger partial charge in [-0.3, -0.25) is 4.79 Å². The Labute approximate surface area is 131 Å². The van der Waals surface area contributed by atoms with E-state index in [1.54, 1.807) is 36.1 Å². The molecule has 0 fully saturated rings. The Kier molecular flexibility index (Phi) is 6.04. The second-order valence-electron chi connectivity index (χ2n) is 5.11. The quantitative estimate of drug-likeness (QED) is 0.592. The lowest BCUT2D eigenvalue weighted by molar-refractivity contribution is -0.132. The molecule has 0 saturated heterocycles. The molecule has 0 aliphatic heterocycles. The Hall–Kier alpha value is -1.27. The maximum atomic E-state index is 12.1. The van der Waals surface area contributed by atoms with E-state index in [9.17, 15) is 13.2 Å². The summed E-state index contributed by atoms with van der Waals surface area (Å²) in [5.74, 6) is 0.0613. The van der Waals surface area contributed by atoms with Crippen LogP contribution in [0.4, 0.5) is 0 Å². The molecule has 0 bridgehead atoms. The smallest absolute Gasteiger partial charge is 0.306 e. The predicted molar refractivity (Wildman–Crippen MR) is 82.9 cm³/mol. The molecule has 1 aromatic carbocycles. The Morgan fingerprint density at radius 2 is 1.95 bits per heavy atom. The molecule has 1 aromatic rings. The Morgan fingerprint density at radius 1 is 1.33 bits per heavy atom. The van der Waals surface area contributed by atoms with Gasteiger partial charge in [0.25, 0.3) is 0 Å². The third-order valence-electron chi connectivity index (χ3n) is 2.75. The summed E-state index contributed by atoms with van der Waals surface area (Å²) < 4.78 is 27.1. The second kappa shape index (κ2) is 7.13. The Balaban J connectivity index is 2.95. The van der Waals surface area contributed by atoms with Crippen LogP contribution in [0.25, 0.3) is 0 Å². The molecule has 1 amide bonds. The highest BCUT2D eigenvalue weighted by molar-refractivity contribution is 7.86. The number of nitrogens with zero attached hydrogens (tertiary/aromatic N) is 1. The molecule has 21 heavy (non-hydrogen) atoms. The topological polar surface area (TPSA) is 63.7 Å². The summed E-state index contributed by atoms with van der Waals surface area (Å²) in [5, 5.41) is -0.608. The fraction of sp³-hybridized carbons (Fsp3) is 0.500. The molecule has 5 nitrogen and oxygen atoms in total. The zero-order valence-electron chi connectivity index (χ0n) is 12.5. The molecule has 0 N–H and O–H groups in total. The van der Waals surface area contributed by atoms with E-state index in [4.69, 9.17) is 15.8 Å². The molecule has 0 aliphatic carbocycles. The summed E-state index contributed by atoms with van der Waals surface area (Å²) in [5.41, 5.74) is 0.774. The highest BCUT2D eigenvalue weighted by Gasteiger charge is 2.21. The van der Waals surface area contributed by atoms with Gasteiger partial charge in [0, 0.05) is 12.6 Å². The summed E-state index contributed by atoms with van der Waals surface area (Å²) in [6, 6.07) is 6.62. The summed E-state index contributed by atoms with van der Waals surface area (Å²) in [6.07, 6.45) is 0.985. The highest BCUT2D eigenvalue weighted by atomic mass is 35.5. The van der Waals surface area contributed by atoms with Gasteiger partial charge in [0.15, 0.2) is 0 Å². The molecular weight excluding hydrogens is 314 g/mol. The van der Waals surface area contributed by atoms with Crippen LogP contribution in [0, 0.1) is 0 Å². The van der Waals surface area contributed by atoms with Gasteiger partial charge in [-0.05, 0) is 38.5 Å². The van der Waals surface area contributed by atoms with Crippen LogP contribution in [-0.2, 0) is 21.5 Å². The molecule has 0 heterocycles. The van der Waals surface area contributed by atoms with Crippen molar-refractivity contribution in [2.45, 2.75) is 38.7 Å². The van der Waals surface area contributed by atoms with E-state index in [2.05, 4.69) is 0 Å². The summed E-state index contributed by atoms with van der Waals surface area (Å²) >= 11 is 5.86. The normalized spacial score (nSPS) is 13.0. The molecule has 1 rings (SSSR count). The number of hydrogen-bond acceptors (Lipinski definition) is 4. The minimum absolute atomic E-state index is 0.0156. The van der Waals surface area contributed by atoms with Gasteiger partial charge in [-0.1, -0.05) is 12.1 Å². The van der Waals surface area contributed by atoms with Gasteiger partial charge in [0.05, 0.1) is 6.26 Å². The number of carbonyl (C=O) groups excluding carboxylic acids is 1. The van der Waals surface area contributed by atoms with Crippen LogP contribution in [-0.4, -0.2) is 36.9 Å². The molecule has 0 radical (unpaired) electrons. The fourth-order valence-electron chi connectivity index (χ4n) is 1.81. The average Bonchev–Trinajstić information content (AvgIpc) is 2.33. The van der Waals surface area contributed by atoms with E-state index >= 15 is 0 Å². The molecule has 1 atom stereocenters. The number of hydrogen-bond donors (Lipinski definition) is 0. The van der Waals surface area contributed by atoms with E-state index in [0.717, 1.165) is 11.8 Å². The number of amides is 1. The first-order valence-electron chi connectivity index (χ1n) is 6.53. The number of rotatable bonds is 6. The maximum Gasteiger partial charge on any atom is 0.306 e. The van der Waals surface area contributed by atoms with E-state index in [1.165, 1.54) is 0 Å². The molecule has 0 spiro atoms. The van der Waals surface area contributed by atoms with E-state index < -0.39 is 15.5 Å². The standard InChI is InChI=1S/C14H20ClNO4S/c1-10(2)16(14(17)11(3)15)9-12-6-5-7-13(8-12)20-21(4,18)19/h5-8,10-11H,9H2,1-4H3/t11-/m0/s1. The van der Waals surface area contributed by atoms with Crippen molar-refractivity contribution in [1.29, 1.82) is 0 Å². The van der Waals surface area contributed by atoms with Gasteiger partial charge in [-0.15, -0.1) is 11.6 Å². The summed E-state index contributed by atoms with van der Waals surface area (Å²) in [7, 11) is -3.57. The first kappa shape index (κ1) is 17.8. The van der Waals surface area contributed by atoms with Crippen molar-refractivity contribution >= 4 is 27.6 Å². The van der Waals surface area contributed by atoms with Gasteiger partial charge >= 0.3 is 10.1 Å². The molecule has 7 heteroatoms. The predicted octanol–water partition coefficient (Wildman–Crippen LogP) is 2.39. The highest BCUT2D eigenvalue weighted by Crippen LogP contribution is 2.18. The van der Waals surface area contributed by atoms with E-state index in [0.29, 0.717) is 6.54 Å². The van der Waals surface area contributed by atoms with Crippen LogP contribution < -0.4 is 4.18 Å². The molecule has 0 aliphatic rings. The molecule has 118 valence electrons. The van der Waals surface area contributed by atoms with Crippen LogP contribution in [0.15, 0.2) is 24.3 Å². The van der Waals surface area contributed by atoms with Crippen molar-refractivity contribution < 1.29 is 17.4 Å². The molecule has 0 saturated carbocycles. The van der Waals surface area contributed by atoms with Gasteiger partial charge in [0.2, 0.25) is 5.91 Å². The second-order valence-corrected chi connectivity index (χ2v) is 7.34. The van der Waals surface area contributed by atoms with Crippen molar-refractivity contribution in [2.75, 3.05) is 6.26 Å². The number of alkyl halides is 1. The number of carbonyl (C=O) groups is 1. The number of halogens is 1. The van der Waals surface area contributed by atoms with E-state index in [-0.39, 0.29) is 17.7 Å². The van der Waals surface area contributed by atoms with Gasteiger partial charge in [0.1, 0.15) is 11.1 Å².